The lowest BCUT2D eigenvalue weighted by atomic mass is 10.2. The van der Waals surface area contributed by atoms with E-state index in [1.807, 2.05) is 0 Å². The van der Waals surface area contributed by atoms with Crippen molar-refractivity contribution >= 4 is 22.5 Å². The van der Waals surface area contributed by atoms with Crippen LogP contribution in [0, 0.1) is 5.82 Å². The Balaban J connectivity index is 1.66. The topological polar surface area (TPSA) is 113 Å². The van der Waals surface area contributed by atoms with Crippen LogP contribution in [-0.4, -0.2) is 25.7 Å². The number of hydrogen-bond donors (Lipinski definition) is 3. The van der Waals surface area contributed by atoms with E-state index < -0.39 is 23.0 Å². The molecule has 0 radical (unpaired) electrons. The Bertz CT molecular complexity index is 1300. The molecule has 8 nitrogen and oxygen atoms in total. The zero-order chi connectivity index (χ0) is 19.7. The van der Waals surface area contributed by atoms with E-state index in [-0.39, 0.29) is 17.7 Å². The number of aromatic amines is 2. The van der Waals surface area contributed by atoms with E-state index in [9.17, 15) is 18.8 Å². The molecule has 0 aliphatic rings. The zero-order valence-electron chi connectivity index (χ0n) is 14.4. The van der Waals surface area contributed by atoms with Crippen LogP contribution in [0.25, 0.3) is 10.9 Å². The number of aromatic nitrogens is 4. The van der Waals surface area contributed by atoms with E-state index in [1.165, 1.54) is 18.2 Å². The summed E-state index contributed by atoms with van der Waals surface area (Å²) in [5.74, 6) is -1.24. The summed E-state index contributed by atoms with van der Waals surface area (Å²) in [6.45, 7) is -0.290. The highest BCUT2D eigenvalue weighted by Crippen LogP contribution is 2.16. The summed E-state index contributed by atoms with van der Waals surface area (Å²) >= 11 is 0. The fourth-order valence-electron chi connectivity index (χ4n) is 2.83. The Kier molecular flexibility index (Phi) is 4.32. The maximum Gasteiger partial charge on any atom is 0.328 e. The molecule has 0 fully saturated rings. The Morgan fingerprint density at radius 2 is 2.00 bits per heavy atom. The number of hydrogen-bond acceptors (Lipinski definition) is 4. The number of anilines is 1. The fraction of sp³-hybridized carbons (Fsp3) is 0.0526. The van der Waals surface area contributed by atoms with Gasteiger partial charge in [0.05, 0.1) is 18.3 Å². The van der Waals surface area contributed by atoms with Crippen molar-refractivity contribution in [2.45, 2.75) is 6.54 Å². The maximum atomic E-state index is 13.9. The van der Waals surface area contributed by atoms with Crippen molar-refractivity contribution in [3.05, 3.63) is 92.6 Å². The molecule has 0 saturated carbocycles. The van der Waals surface area contributed by atoms with Crippen molar-refractivity contribution in [3.8, 4) is 0 Å². The molecule has 2 aromatic heterocycles. The smallest absolute Gasteiger partial charge is 0.322 e. The molecular formula is C19H14FN5O3. The first-order chi connectivity index (χ1) is 13.5. The number of halogens is 1. The lowest BCUT2D eigenvalue weighted by Crippen LogP contribution is -2.39. The minimum absolute atomic E-state index is 0.164. The van der Waals surface area contributed by atoms with Gasteiger partial charge in [0.2, 0.25) is 0 Å². The van der Waals surface area contributed by atoms with Gasteiger partial charge in [0.1, 0.15) is 11.4 Å². The summed E-state index contributed by atoms with van der Waals surface area (Å²) in [4.78, 5) is 39.6. The number of nitrogens with zero attached hydrogens (tertiary/aromatic N) is 2. The highest BCUT2D eigenvalue weighted by molar-refractivity contribution is 6.04. The fourth-order valence-corrected chi connectivity index (χ4v) is 2.83. The van der Waals surface area contributed by atoms with Gasteiger partial charge in [-0.05, 0) is 24.3 Å². The van der Waals surface area contributed by atoms with Crippen LogP contribution in [0.15, 0.2) is 64.4 Å². The Morgan fingerprint density at radius 3 is 2.82 bits per heavy atom. The number of nitrogens with one attached hydrogen (secondary N) is 3. The summed E-state index contributed by atoms with van der Waals surface area (Å²) in [5, 5.41) is 10.2. The van der Waals surface area contributed by atoms with Gasteiger partial charge in [-0.3, -0.25) is 19.3 Å². The van der Waals surface area contributed by atoms with E-state index in [0.29, 0.717) is 5.69 Å². The molecule has 9 heteroatoms. The van der Waals surface area contributed by atoms with Crippen molar-refractivity contribution in [2.75, 3.05) is 5.32 Å². The number of amides is 1. The van der Waals surface area contributed by atoms with E-state index in [0.717, 1.165) is 21.7 Å². The monoisotopic (exact) mass is 379 g/mol. The molecule has 0 atom stereocenters. The van der Waals surface area contributed by atoms with Crippen LogP contribution in [-0.2, 0) is 6.54 Å². The number of rotatable bonds is 4. The summed E-state index contributed by atoms with van der Waals surface area (Å²) in [6, 6.07) is 10.9. The highest BCUT2D eigenvalue weighted by atomic mass is 19.1. The molecule has 2 aromatic carbocycles. The first kappa shape index (κ1) is 17.4. The Labute approximate surface area is 156 Å². The second-order valence-corrected chi connectivity index (χ2v) is 6.12. The van der Waals surface area contributed by atoms with Gasteiger partial charge >= 0.3 is 5.69 Å². The van der Waals surface area contributed by atoms with Gasteiger partial charge in [0.25, 0.3) is 11.5 Å². The largest absolute Gasteiger partial charge is 0.328 e. The number of H-pyrrole nitrogens is 2. The molecule has 3 N–H and O–H groups in total. The predicted molar refractivity (Wildman–Crippen MR) is 101 cm³/mol. The standard InChI is InChI=1S/C19H14FN5O3/c20-15-4-2-1-3-12(15)10-25-18(27)14(9-21-19(25)28)17(26)23-13-6-5-11-8-22-24-16(11)7-13/h1-9H,10H2,(H,21,28)(H,22,24)(H,23,26). The van der Waals surface area contributed by atoms with Crippen LogP contribution in [0.3, 0.4) is 0 Å². The molecule has 0 bridgehead atoms. The quantitative estimate of drug-likeness (QED) is 0.502. The molecule has 0 unspecified atom stereocenters. The van der Waals surface area contributed by atoms with E-state index in [4.69, 9.17) is 0 Å². The highest BCUT2D eigenvalue weighted by Gasteiger charge is 2.16. The molecule has 4 rings (SSSR count). The average molecular weight is 379 g/mol. The van der Waals surface area contributed by atoms with Gasteiger partial charge in [-0.15, -0.1) is 0 Å². The summed E-state index contributed by atoms with van der Waals surface area (Å²) in [6.07, 6.45) is 2.69. The summed E-state index contributed by atoms with van der Waals surface area (Å²) < 4.78 is 14.7. The van der Waals surface area contributed by atoms with Gasteiger partial charge in [-0.2, -0.15) is 5.10 Å². The first-order valence-electron chi connectivity index (χ1n) is 8.33. The maximum absolute atomic E-state index is 13.9. The molecule has 0 aliphatic heterocycles. The Morgan fingerprint density at radius 1 is 1.18 bits per heavy atom. The molecule has 28 heavy (non-hydrogen) atoms. The zero-order valence-corrected chi connectivity index (χ0v) is 14.4. The minimum Gasteiger partial charge on any atom is -0.322 e. The van der Waals surface area contributed by atoms with Crippen molar-refractivity contribution in [1.29, 1.82) is 0 Å². The third-order valence-corrected chi connectivity index (χ3v) is 4.29. The molecule has 0 spiro atoms. The SMILES string of the molecule is O=C(Nc1ccc2cn[nH]c2c1)c1c[nH]c(=O)n(Cc2ccccc2F)c1=O. The molecule has 4 aromatic rings. The number of fused-ring (bicyclic) bond motifs is 1. The van der Waals surface area contributed by atoms with Crippen LogP contribution in [0.2, 0.25) is 0 Å². The lowest BCUT2D eigenvalue weighted by Gasteiger charge is -2.09. The molecule has 1 amide bonds. The third kappa shape index (κ3) is 3.20. The predicted octanol–water partition coefficient (Wildman–Crippen LogP) is 1.85. The van der Waals surface area contributed by atoms with Crippen LogP contribution in [0.1, 0.15) is 15.9 Å². The molecular weight excluding hydrogens is 365 g/mol. The lowest BCUT2D eigenvalue weighted by molar-refractivity contribution is 0.102. The van der Waals surface area contributed by atoms with Crippen LogP contribution in [0.4, 0.5) is 10.1 Å². The van der Waals surface area contributed by atoms with Crippen LogP contribution in [0.5, 0.6) is 0 Å². The van der Waals surface area contributed by atoms with Crippen molar-refractivity contribution in [1.82, 2.24) is 19.7 Å². The van der Waals surface area contributed by atoms with E-state index >= 15 is 0 Å². The van der Waals surface area contributed by atoms with E-state index in [2.05, 4.69) is 20.5 Å². The number of carbonyl (C=O) groups excluding carboxylic acids is 1. The second-order valence-electron chi connectivity index (χ2n) is 6.12. The number of benzene rings is 2. The summed E-state index contributed by atoms with van der Waals surface area (Å²) in [5.41, 5.74) is -0.474. The minimum atomic E-state index is -0.813. The number of carbonyl (C=O) groups is 1. The van der Waals surface area contributed by atoms with Crippen molar-refractivity contribution in [3.63, 3.8) is 0 Å². The molecule has 140 valence electrons. The molecule has 0 saturated heterocycles. The second kappa shape index (κ2) is 6.95. The van der Waals surface area contributed by atoms with E-state index in [1.54, 1.807) is 30.5 Å². The van der Waals surface area contributed by atoms with Gasteiger partial charge < -0.3 is 10.3 Å². The van der Waals surface area contributed by atoms with Crippen LogP contribution < -0.4 is 16.6 Å². The third-order valence-electron chi connectivity index (χ3n) is 4.29. The average Bonchev–Trinajstić information content (AvgIpc) is 3.14. The summed E-state index contributed by atoms with van der Waals surface area (Å²) in [7, 11) is 0. The van der Waals surface area contributed by atoms with Crippen molar-refractivity contribution < 1.29 is 9.18 Å². The normalized spacial score (nSPS) is 10.9. The first-order valence-corrected chi connectivity index (χ1v) is 8.33. The van der Waals surface area contributed by atoms with Gasteiger partial charge in [0, 0.05) is 22.8 Å². The van der Waals surface area contributed by atoms with Gasteiger partial charge in [0.15, 0.2) is 0 Å². The van der Waals surface area contributed by atoms with Crippen molar-refractivity contribution in [2.24, 2.45) is 0 Å². The molecule has 0 aliphatic carbocycles. The van der Waals surface area contributed by atoms with Gasteiger partial charge in [-0.1, -0.05) is 18.2 Å². The van der Waals surface area contributed by atoms with Crippen LogP contribution >= 0.6 is 0 Å². The van der Waals surface area contributed by atoms with Gasteiger partial charge in [-0.25, -0.2) is 9.18 Å². The molecule has 2 heterocycles. The Hall–Kier alpha value is -4.01.